The number of carbonyl (C=O) groups excluding carboxylic acids is 1. The molecule has 0 aromatic carbocycles. The minimum Gasteiger partial charge on any atom is -0.370 e. The highest BCUT2D eigenvalue weighted by molar-refractivity contribution is 5.92. The number of amides is 1. The van der Waals surface area contributed by atoms with E-state index < -0.39 is 0 Å². The Morgan fingerprint density at radius 2 is 2.37 bits per heavy atom. The van der Waals surface area contributed by atoms with Crippen LogP contribution in [0, 0.1) is 5.92 Å². The number of anilines is 1. The second-order valence-corrected chi connectivity index (χ2v) is 5.33. The van der Waals surface area contributed by atoms with E-state index in [0.717, 1.165) is 38.3 Å². The van der Waals surface area contributed by atoms with Gasteiger partial charge in [0.15, 0.2) is 0 Å². The van der Waals surface area contributed by atoms with Gasteiger partial charge in [-0.05, 0) is 37.3 Å². The number of carbonyl (C=O) groups is 1. The number of pyridine rings is 1. The predicted molar refractivity (Wildman–Crippen MR) is 77.3 cm³/mol. The molecule has 4 heteroatoms. The first-order chi connectivity index (χ1) is 9.20. The van der Waals surface area contributed by atoms with Crippen molar-refractivity contribution >= 4 is 11.7 Å². The smallest absolute Gasteiger partial charge is 0.272 e. The van der Waals surface area contributed by atoms with Gasteiger partial charge in [0.05, 0.1) is 0 Å². The molecule has 0 aliphatic carbocycles. The Balaban J connectivity index is 2.05. The number of aromatic nitrogens is 1. The van der Waals surface area contributed by atoms with E-state index >= 15 is 0 Å². The summed E-state index contributed by atoms with van der Waals surface area (Å²) in [4.78, 5) is 18.7. The molecule has 1 aromatic rings. The molecule has 0 spiro atoms. The zero-order valence-electron chi connectivity index (χ0n) is 11.9. The Bertz CT molecular complexity index is 433. The van der Waals surface area contributed by atoms with Crippen molar-refractivity contribution in [3.05, 3.63) is 23.9 Å². The van der Waals surface area contributed by atoms with Crippen molar-refractivity contribution in [2.45, 2.75) is 33.1 Å². The van der Waals surface area contributed by atoms with E-state index in [4.69, 9.17) is 0 Å². The van der Waals surface area contributed by atoms with Gasteiger partial charge in [0.2, 0.25) is 0 Å². The maximum atomic E-state index is 12.4. The normalized spacial score (nSPS) is 19.3. The van der Waals surface area contributed by atoms with Crippen LogP contribution in [0.25, 0.3) is 0 Å². The number of nitrogens with one attached hydrogen (secondary N) is 1. The highest BCUT2D eigenvalue weighted by Crippen LogP contribution is 2.17. The molecule has 0 radical (unpaired) electrons. The summed E-state index contributed by atoms with van der Waals surface area (Å²) in [7, 11) is 0. The summed E-state index contributed by atoms with van der Waals surface area (Å²) in [5.74, 6) is 1.45. The highest BCUT2D eigenvalue weighted by Gasteiger charge is 2.22. The van der Waals surface area contributed by atoms with Gasteiger partial charge in [0, 0.05) is 19.6 Å². The Hall–Kier alpha value is -1.58. The van der Waals surface area contributed by atoms with Crippen molar-refractivity contribution in [2.75, 3.05) is 25.0 Å². The molecule has 1 aliphatic heterocycles. The zero-order valence-corrected chi connectivity index (χ0v) is 11.9. The van der Waals surface area contributed by atoms with Crippen LogP contribution in [0.1, 0.15) is 43.6 Å². The van der Waals surface area contributed by atoms with E-state index in [2.05, 4.69) is 24.1 Å². The zero-order chi connectivity index (χ0) is 13.7. The number of piperidine rings is 1. The topological polar surface area (TPSA) is 45.2 Å². The van der Waals surface area contributed by atoms with Crippen molar-refractivity contribution in [2.24, 2.45) is 5.92 Å². The van der Waals surface area contributed by atoms with Crippen LogP contribution in [0.2, 0.25) is 0 Å². The molecule has 0 bridgehead atoms. The van der Waals surface area contributed by atoms with Gasteiger partial charge in [-0.2, -0.15) is 0 Å². The van der Waals surface area contributed by atoms with Crippen molar-refractivity contribution in [3.63, 3.8) is 0 Å². The number of hydrogen-bond acceptors (Lipinski definition) is 3. The van der Waals surface area contributed by atoms with Gasteiger partial charge in [0.25, 0.3) is 5.91 Å². The molecule has 19 heavy (non-hydrogen) atoms. The Morgan fingerprint density at radius 3 is 3.11 bits per heavy atom. The molecule has 1 aromatic heterocycles. The van der Waals surface area contributed by atoms with E-state index in [1.165, 1.54) is 6.42 Å². The molecule has 1 N–H and O–H groups in total. The van der Waals surface area contributed by atoms with Crippen LogP contribution in [0.15, 0.2) is 18.2 Å². The molecule has 0 saturated carbocycles. The van der Waals surface area contributed by atoms with Gasteiger partial charge in [-0.1, -0.05) is 19.9 Å². The SMILES string of the molecule is CCCNc1cccc(C(=O)N2CCCC(C)C2)n1. The summed E-state index contributed by atoms with van der Waals surface area (Å²) in [6.07, 6.45) is 3.36. The molecule has 2 rings (SSSR count). The molecule has 2 heterocycles. The fourth-order valence-electron chi connectivity index (χ4n) is 2.44. The van der Waals surface area contributed by atoms with Crippen LogP contribution in [-0.2, 0) is 0 Å². The summed E-state index contributed by atoms with van der Waals surface area (Å²) < 4.78 is 0. The second-order valence-electron chi connectivity index (χ2n) is 5.33. The summed E-state index contributed by atoms with van der Waals surface area (Å²) in [6.45, 7) is 6.90. The van der Waals surface area contributed by atoms with Crippen LogP contribution in [0.5, 0.6) is 0 Å². The van der Waals surface area contributed by atoms with Gasteiger partial charge < -0.3 is 10.2 Å². The summed E-state index contributed by atoms with van der Waals surface area (Å²) in [6, 6.07) is 5.61. The van der Waals surface area contributed by atoms with Gasteiger partial charge in [-0.15, -0.1) is 0 Å². The van der Waals surface area contributed by atoms with E-state index in [1.54, 1.807) is 6.07 Å². The molecule has 1 fully saturated rings. The number of likely N-dealkylation sites (tertiary alicyclic amines) is 1. The van der Waals surface area contributed by atoms with Gasteiger partial charge in [0.1, 0.15) is 11.5 Å². The number of nitrogens with zero attached hydrogens (tertiary/aromatic N) is 2. The monoisotopic (exact) mass is 261 g/mol. The highest BCUT2D eigenvalue weighted by atomic mass is 16.2. The van der Waals surface area contributed by atoms with E-state index in [1.807, 2.05) is 17.0 Å². The third-order valence-corrected chi connectivity index (χ3v) is 3.47. The van der Waals surface area contributed by atoms with Crippen molar-refractivity contribution in [1.29, 1.82) is 0 Å². The molecular weight excluding hydrogens is 238 g/mol. The molecule has 1 saturated heterocycles. The average Bonchev–Trinajstić information content (AvgIpc) is 2.44. The van der Waals surface area contributed by atoms with Crippen molar-refractivity contribution < 1.29 is 4.79 Å². The third-order valence-electron chi connectivity index (χ3n) is 3.47. The lowest BCUT2D eigenvalue weighted by Crippen LogP contribution is -2.39. The first-order valence-corrected chi connectivity index (χ1v) is 7.21. The minimum atomic E-state index is 0.0618. The second kappa shape index (κ2) is 6.55. The maximum absolute atomic E-state index is 12.4. The lowest BCUT2D eigenvalue weighted by atomic mass is 10.00. The van der Waals surface area contributed by atoms with Crippen LogP contribution in [-0.4, -0.2) is 35.4 Å². The van der Waals surface area contributed by atoms with Crippen molar-refractivity contribution in [1.82, 2.24) is 9.88 Å². The molecule has 1 unspecified atom stereocenters. The van der Waals surface area contributed by atoms with E-state index in [0.29, 0.717) is 11.6 Å². The van der Waals surface area contributed by atoms with Gasteiger partial charge >= 0.3 is 0 Å². The van der Waals surface area contributed by atoms with Gasteiger partial charge in [-0.25, -0.2) is 4.98 Å². The molecule has 1 amide bonds. The summed E-state index contributed by atoms with van der Waals surface area (Å²) in [5.41, 5.74) is 0.551. The number of rotatable bonds is 4. The first-order valence-electron chi connectivity index (χ1n) is 7.21. The standard InChI is InChI=1S/C15H23N3O/c1-3-9-16-14-8-4-7-13(17-14)15(19)18-10-5-6-12(2)11-18/h4,7-8,12H,3,5-6,9-11H2,1-2H3,(H,16,17). The molecule has 104 valence electrons. The Morgan fingerprint density at radius 1 is 1.53 bits per heavy atom. The molecule has 1 atom stereocenters. The van der Waals surface area contributed by atoms with Gasteiger partial charge in [-0.3, -0.25) is 4.79 Å². The van der Waals surface area contributed by atoms with Crippen LogP contribution < -0.4 is 5.32 Å². The lowest BCUT2D eigenvalue weighted by Gasteiger charge is -2.30. The minimum absolute atomic E-state index is 0.0618. The summed E-state index contributed by atoms with van der Waals surface area (Å²) in [5, 5.41) is 3.22. The average molecular weight is 261 g/mol. The fourth-order valence-corrected chi connectivity index (χ4v) is 2.44. The largest absolute Gasteiger partial charge is 0.370 e. The fraction of sp³-hybridized carbons (Fsp3) is 0.600. The molecule has 4 nitrogen and oxygen atoms in total. The quantitative estimate of drug-likeness (QED) is 0.906. The van der Waals surface area contributed by atoms with Crippen LogP contribution in [0.4, 0.5) is 5.82 Å². The van der Waals surface area contributed by atoms with Crippen LogP contribution >= 0.6 is 0 Å². The third kappa shape index (κ3) is 3.69. The Kier molecular flexibility index (Phi) is 4.77. The van der Waals surface area contributed by atoms with Crippen LogP contribution in [0.3, 0.4) is 0 Å². The number of hydrogen-bond donors (Lipinski definition) is 1. The first kappa shape index (κ1) is 13.8. The van der Waals surface area contributed by atoms with Crippen molar-refractivity contribution in [3.8, 4) is 0 Å². The predicted octanol–water partition coefficient (Wildman–Crippen LogP) is 2.78. The Labute approximate surface area is 115 Å². The maximum Gasteiger partial charge on any atom is 0.272 e. The lowest BCUT2D eigenvalue weighted by molar-refractivity contribution is 0.0677. The van der Waals surface area contributed by atoms with E-state index in [9.17, 15) is 4.79 Å². The molecular formula is C15H23N3O. The molecule has 1 aliphatic rings. The van der Waals surface area contributed by atoms with E-state index in [-0.39, 0.29) is 5.91 Å². The summed E-state index contributed by atoms with van der Waals surface area (Å²) >= 11 is 0.